The van der Waals surface area contributed by atoms with Crippen LogP contribution in [0.1, 0.15) is 45.9 Å². The first kappa shape index (κ1) is 39.6. The molecular formula is C30H42N10O9P2S2Si. The highest BCUT2D eigenvalue weighted by atomic mass is 32.5. The van der Waals surface area contributed by atoms with Crippen LogP contribution in [-0.4, -0.2) is 97.0 Å². The van der Waals surface area contributed by atoms with Crippen molar-refractivity contribution in [1.29, 1.82) is 5.26 Å². The van der Waals surface area contributed by atoms with Crippen molar-refractivity contribution in [3.05, 3.63) is 35.7 Å². The molecule has 4 aromatic rings. The molecule has 19 nitrogen and oxygen atoms in total. The number of rotatable bonds is 7. The van der Waals surface area contributed by atoms with Gasteiger partial charge in [-0.1, -0.05) is 20.8 Å². The number of H-pyrrole nitrogens is 1. The summed E-state index contributed by atoms with van der Waals surface area (Å²) in [7, 11) is -2.61. The highest BCUT2D eigenvalue weighted by molar-refractivity contribution is 8.07. The largest absolute Gasteiger partial charge is 0.407 e. The van der Waals surface area contributed by atoms with Gasteiger partial charge < -0.3 is 47.4 Å². The molecule has 2 unspecified atom stereocenters. The van der Waals surface area contributed by atoms with E-state index in [9.17, 15) is 14.9 Å². The number of nitrogens with two attached hydrogens (primary N) is 1. The van der Waals surface area contributed by atoms with Crippen LogP contribution in [0.15, 0.2) is 30.1 Å². The zero-order valence-corrected chi connectivity index (χ0v) is 34.6. The van der Waals surface area contributed by atoms with Crippen LogP contribution in [0.2, 0.25) is 18.1 Å². The number of imidazole rings is 2. The van der Waals surface area contributed by atoms with Crippen LogP contribution in [0.25, 0.3) is 22.3 Å². The van der Waals surface area contributed by atoms with Gasteiger partial charge in [-0.15, -0.1) is 0 Å². The standard InChI is InChI=1S/C30H42N10O9P2S2Si/c1-30(2,3)54(4,5)49-24-23-20(47-29(24)40-16-38-22-27(40)35-14-36-28(22)41)12-45-50(42,52)44-11-18-17(10-46-51(53,48-23)43-8-6-7-31)9-19(18)39-15-37-21-25(32)33-13-34-26(21)39/h13-20,23-24,29H,6,8-12H2,1-5H3,(H,42,52)(H2,32,33,34)(H,35,36,41)/t17-,18-,19-,20-,23-,24-,29-,50?,51?/m1/s1. The Bertz CT molecular complexity index is 2230. The summed E-state index contributed by atoms with van der Waals surface area (Å²) >= 11 is 11.6. The van der Waals surface area contributed by atoms with Crippen LogP contribution in [0, 0.1) is 23.2 Å². The third-order valence-electron chi connectivity index (χ3n) is 10.5. The maximum atomic E-state index is 12.6. The van der Waals surface area contributed by atoms with Crippen molar-refractivity contribution >= 4 is 73.5 Å². The Morgan fingerprint density at radius 2 is 1.80 bits per heavy atom. The Kier molecular flexibility index (Phi) is 11.0. The molecule has 1 aliphatic carbocycles. The number of ether oxygens (including phenoxy) is 1. The van der Waals surface area contributed by atoms with Gasteiger partial charge in [0.25, 0.3) is 5.56 Å². The van der Waals surface area contributed by atoms with Crippen LogP contribution in [-0.2, 0) is 55.4 Å². The van der Waals surface area contributed by atoms with Gasteiger partial charge in [0.05, 0.1) is 57.9 Å². The molecule has 0 amide bonds. The summed E-state index contributed by atoms with van der Waals surface area (Å²) in [5, 5.41) is 9.10. The van der Waals surface area contributed by atoms with E-state index in [2.05, 4.69) is 69.8 Å². The van der Waals surface area contributed by atoms with Crippen molar-refractivity contribution in [2.75, 3.05) is 32.2 Å². The van der Waals surface area contributed by atoms with Gasteiger partial charge in [-0.25, -0.2) is 24.9 Å². The number of anilines is 1. The first-order chi connectivity index (χ1) is 25.5. The second-order valence-electron chi connectivity index (χ2n) is 14.9. The summed E-state index contributed by atoms with van der Waals surface area (Å²) in [6.45, 7) is 2.70. The van der Waals surface area contributed by atoms with Crippen LogP contribution in [0.4, 0.5) is 5.82 Å². The number of nitrogens with zero attached hydrogens (tertiary/aromatic N) is 8. The van der Waals surface area contributed by atoms with Gasteiger partial charge in [-0.3, -0.25) is 13.9 Å². The molecule has 1 saturated carbocycles. The van der Waals surface area contributed by atoms with E-state index < -0.39 is 51.9 Å². The average Bonchev–Trinajstić information content (AvgIpc) is 3.80. The van der Waals surface area contributed by atoms with Gasteiger partial charge >= 0.3 is 13.4 Å². The van der Waals surface area contributed by atoms with Crippen LogP contribution in [0.5, 0.6) is 0 Å². The van der Waals surface area contributed by atoms with E-state index in [0.717, 1.165) is 0 Å². The molecule has 0 radical (unpaired) electrons. The van der Waals surface area contributed by atoms with Crippen LogP contribution >= 0.6 is 13.4 Å². The lowest BCUT2D eigenvalue weighted by Crippen LogP contribution is -2.49. The lowest BCUT2D eigenvalue weighted by atomic mass is 9.70. The third kappa shape index (κ3) is 7.72. The lowest BCUT2D eigenvalue weighted by Gasteiger charge is -2.45. The monoisotopic (exact) mass is 840 g/mol. The quantitative estimate of drug-likeness (QED) is 0.136. The Labute approximate surface area is 321 Å². The van der Waals surface area contributed by atoms with Crippen molar-refractivity contribution in [2.45, 2.75) is 82.3 Å². The van der Waals surface area contributed by atoms with Gasteiger partial charge in [0.2, 0.25) is 0 Å². The number of nitrogen functional groups attached to an aromatic ring is 1. The molecule has 0 aromatic carbocycles. The van der Waals surface area contributed by atoms with Crippen molar-refractivity contribution in [1.82, 2.24) is 39.0 Å². The molecule has 9 atom stereocenters. The minimum Gasteiger partial charge on any atom is -0.407 e. The molecule has 292 valence electrons. The molecule has 2 aliphatic heterocycles. The zero-order chi connectivity index (χ0) is 38.6. The lowest BCUT2D eigenvalue weighted by molar-refractivity contribution is -0.0479. The molecule has 7 rings (SSSR count). The number of nitrogens with one attached hydrogen (secondary N) is 1. The van der Waals surface area contributed by atoms with Crippen LogP contribution in [0.3, 0.4) is 0 Å². The Morgan fingerprint density at radius 1 is 1.07 bits per heavy atom. The molecule has 6 heterocycles. The van der Waals surface area contributed by atoms with Crippen molar-refractivity contribution in [3.63, 3.8) is 0 Å². The van der Waals surface area contributed by atoms with E-state index in [1.165, 1.54) is 19.0 Å². The molecule has 3 aliphatic rings. The molecular weight excluding hydrogens is 799 g/mol. The molecule has 0 spiro atoms. The predicted molar refractivity (Wildman–Crippen MR) is 204 cm³/mol. The summed E-state index contributed by atoms with van der Waals surface area (Å²) in [6, 6.07) is 1.90. The van der Waals surface area contributed by atoms with Gasteiger partial charge in [-0.05, 0) is 54.1 Å². The number of hydrogen-bond donors (Lipinski definition) is 3. The second-order valence-corrected chi connectivity index (χ2v) is 25.4. The fourth-order valence-electron chi connectivity index (χ4n) is 6.56. The van der Waals surface area contributed by atoms with Crippen LogP contribution < -0.4 is 11.3 Å². The first-order valence-electron chi connectivity index (χ1n) is 17.2. The van der Waals surface area contributed by atoms with Gasteiger partial charge in [0.1, 0.15) is 30.2 Å². The maximum absolute atomic E-state index is 12.6. The van der Waals surface area contributed by atoms with Crippen molar-refractivity contribution < 1.29 is 36.7 Å². The molecule has 4 aromatic heterocycles. The topological polar surface area (TPSA) is 242 Å². The number of fused-ring (bicyclic) bond motifs is 4. The first-order valence-corrected chi connectivity index (χ1v) is 25.3. The molecule has 4 N–H and O–H groups in total. The van der Waals surface area contributed by atoms with Gasteiger partial charge in [0.15, 0.2) is 37.2 Å². The Balaban J connectivity index is 1.25. The minimum absolute atomic E-state index is 0.0155. The summed E-state index contributed by atoms with van der Waals surface area (Å²) in [6.07, 6.45) is 2.56. The molecule has 2 saturated heterocycles. The summed E-state index contributed by atoms with van der Waals surface area (Å²) < 4.78 is 48.5. The predicted octanol–water partition coefficient (Wildman–Crippen LogP) is 3.83. The van der Waals surface area contributed by atoms with E-state index in [1.54, 1.807) is 10.9 Å². The second kappa shape index (κ2) is 15.0. The SMILES string of the molecule is CC(C)(C)[Si](C)(C)O[C@@H]1[C@@H]2OP(=S)(OCCC#N)OC[C@H]3C[C@@H](n4cnc5c(N)ncnc54)[C@@H]3COP(O)(=S)OC[C@H]2O[C@H]1n1cnc2c(=O)[nH]cnc21. The molecule has 54 heavy (non-hydrogen) atoms. The fraction of sp³-hybridized carbons (Fsp3) is 0.633. The fourth-order valence-corrected chi connectivity index (χ4v) is 11.1. The van der Waals surface area contributed by atoms with E-state index in [1.807, 2.05) is 4.57 Å². The van der Waals surface area contributed by atoms with E-state index in [4.69, 9.17) is 61.1 Å². The maximum Gasteiger partial charge on any atom is 0.327 e. The molecule has 24 heteroatoms. The molecule has 3 fully saturated rings. The Morgan fingerprint density at radius 3 is 2.56 bits per heavy atom. The number of aromatic nitrogens is 8. The highest BCUT2D eigenvalue weighted by Crippen LogP contribution is 2.58. The number of hydrogen-bond acceptors (Lipinski definition) is 17. The Hall–Kier alpha value is -2.61. The summed E-state index contributed by atoms with van der Waals surface area (Å²) in [4.78, 5) is 48.1. The summed E-state index contributed by atoms with van der Waals surface area (Å²) in [5.41, 5.74) is 7.01. The number of aromatic amines is 1. The van der Waals surface area contributed by atoms with Gasteiger partial charge in [-0.2, -0.15) is 5.26 Å². The zero-order valence-electron chi connectivity index (χ0n) is 30.2. The number of nitriles is 1. The smallest absolute Gasteiger partial charge is 0.327 e. The normalized spacial score (nSPS) is 32.5. The third-order valence-corrected chi connectivity index (χ3v) is 19.0. The molecule has 0 bridgehead atoms. The minimum atomic E-state index is -3.86. The van der Waals surface area contributed by atoms with Gasteiger partial charge in [0, 0.05) is 12.0 Å². The average molecular weight is 841 g/mol. The van der Waals surface area contributed by atoms with E-state index >= 15 is 0 Å². The summed E-state index contributed by atoms with van der Waals surface area (Å²) in [5.74, 6) is -0.148. The highest BCUT2D eigenvalue weighted by Gasteiger charge is 2.55. The van der Waals surface area contributed by atoms with Crippen molar-refractivity contribution in [2.24, 2.45) is 11.8 Å². The van der Waals surface area contributed by atoms with Crippen molar-refractivity contribution in [3.8, 4) is 6.07 Å². The van der Waals surface area contributed by atoms with E-state index in [0.29, 0.717) is 17.6 Å². The van der Waals surface area contributed by atoms with E-state index in [-0.39, 0.29) is 72.7 Å².